The van der Waals surface area contributed by atoms with E-state index in [1.807, 2.05) is 6.92 Å². The number of rotatable bonds is 5. The van der Waals surface area contributed by atoms with Crippen LogP contribution in [0.3, 0.4) is 0 Å². The lowest BCUT2D eigenvalue weighted by Gasteiger charge is -2.28. The molecule has 1 atom stereocenters. The van der Waals surface area contributed by atoms with Crippen LogP contribution >= 0.6 is 23.2 Å². The second kappa shape index (κ2) is 7.20. The fourth-order valence-electron chi connectivity index (χ4n) is 2.62. The predicted octanol–water partition coefficient (Wildman–Crippen LogP) is 3.42. The summed E-state index contributed by atoms with van der Waals surface area (Å²) in [6.07, 6.45) is 2.24. The van der Waals surface area contributed by atoms with Gasteiger partial charge in [-0.1, -0.05) is 36.5 Å². The first-order valence-corrected chi connectivity index (χ1v) is 9.88. The van der Waals surface area contributed by atoms with Crippen LogP contribution in [-0.4, -0.2) is 43.3 Å². The summed E-state index contributed by atoms with van der Waals surface area (Å²) in [6, 6.07) is 4.47. The van der Waals surface area contributed by atoms with Crippen LogP contribution in [0.5, 0.6) is 0 Å². The van der Waals surface area contributed by atoms with Crippen LogP contribution in [-0.2, 0) is 9.84 Å². The molecule has 0 spiro atoms. The van der Waals surface area contributed by atoms with Crippen LogP contribution in [0.25, 0.3) is 0 Å². The minimum atomic E-state index is -3.05. The maximum atomic E-state index is 12.8. The lowest BCUT2D eigenvalue weighted by atomic mass is 10.1. The highest BCUT2D eigenvalue weighted by Crippen LogP contribution is 2.26. The molecule has 1 aromatic carbocycles. The van der Waals surface area contributed by atoms with Crippen molar-refractivity contribution in [2.24, 2.45) is 0 Å². The number of amides is 1. The topological polar surface area (TPSA) is 54.5 Å². The average molecular weight is 364 g/mol. The molecular formula is C15H19Cl2NO3S. The van der Waals surface area contributed by atoms with Crippen molar-refractivity contribution >= 4 is 38.9 Å². The van der Waals surface area contributed by atoms with Crippen molar-refractivity contribution in [1.82, 2.24) is 4.90 Å². The minimum absolute atomic E-state index is 0.0354. The zero-order valence-electron chi connectivity index (χ0n) is 12.4. The van der Waals surface area contributed by atoms with Gasteiger partial charge in [0.1, 0.15) is 0 Å². The van der Waals surface area contributed by atoms with Crippen molar-refractivity contribution in [2.45, 2.75) is 32.2 Å². The van der Waals surface area contributed by atoms with E-state index >= 15 is 0 Å². The molecule has 1 aliphatic rings. The number of benzene rings is 1. The van der Waals surface area contributed by atoms with Gasteiger partial charge in [-0.15, -0.1) is 0 Å². The third-order valence-electron chi connectivity index (χ3n) is 3.82. The quantitative estimate of drug-likeness (QED) is 0.805. The fourth-order valence-corrected chi connectivity index (χ4v) is 4.84. The number of sulfone groups is 1. The Labute approximate surface area is 141 Å². The van der Waals surface area contributed by atoms with Gasteiger partial charge in [-0.05, 0) is 31.0 Å². The lowest BCUT2D eigenvalue weighted by Crippen LogP contribution is -2.41. The van der Waals surface area contributed by atoms with Crippen LogP contribution in [0.15, 0.2) is 18.2 Å². The molecule has 1 amide bonds. The third kappa shape index (κ3) is 4.15. The first-order chi connectivity index (χ1) is 10.3. The SMILES string of the molecule is CCCCN(C(=O)c1ccc(Cl)cc1Cl)C1CCS(=O)(=O)C1. The first-order valence-electron chi connectivity index (χ1n) is 7.30. The van der Waals surface area contributed by atoms with Gasteiger partial charge in [0.15, 0.2) is 9.84 Å². The van der Waals surface area contributed by atoms with Gasteiger partial charge in [-0.25, -0.2) is 8.42 Å². The molecule has 0 radical (unpaired) electrons. The molecule has 0 aliphatic carbocycles. The number of halogens is 2. The van der Waals surface area contributed by atoms with Crippen molar-refractivity contribution in [3.63, 3.8) is 0 Å². The van der Waals surface area contributed by atoms with Gasteiger partial charge in [0, 0.05) is 17.6 Å². The Morgan fingerprint density at radius 2 is 2.09 bits per heavy atom. The van der Waals surface area contributed by atoms with Crippen molar-refractivity contribution in [3.05, 3.63) is 33.8 Å². The highest BCUT2D eigenvalue weighted by atomic mass is 35.5. The van der Waals surface area contributed by atoms with E-state index in [4.69, 9.17) is 23.2 Å². The van der Waals surface area contributed by atoms with Gasteiger partial charge in [-0.3, -0.25) is 4.79 Å². The summed E-state index contributed by atoms with van der Waals surface area (Å²) in [4.78, 5) is 14.4. The van der Waals surface area contributed by atoms with Crippen LogP contribution in [0, 0.1) is 0 Å². The molecule has 1 aliphatic heterocycles. The monoisotopic (exact) mass is 363 g/mol. The molecule has 7 heteroatoms. The first kappa shape index (κ1) is 17.6. The molecule has 122 valence electrons. The smallest absolute Gasteiger partial charge is 0.255 e. The van der Waals surface area contributed by atoms with E-state index in [1.165, 1.54) is 6.07 Å². The summed E-state index contributed by atoms with van der Waals surface area (Å²) >= 11 is 12.0. The number of nitrogens with zero attached hydrogens (tertiary/aromatic N) is 1. The second-order valence-corrected chi connectivity index (χ2v) is 8.61. The molecule has 0 aromatic heterocycles. The van der Waals surface area contributed by atoms with E-state index in [0.29, 0.717) is 28.6 Å². The van der Waals surface area contributed by atoms with E-state index in [1.54, 1.807) is 17.0 Å². The summed E-state index contributed by atoms with van der Waals surface area (Å²) in [6.45, 7) is 2.57. The van der Waals surface area contributed by atoms with Crippen LogP contribution < -0.4 is 0 Å². The Balaban J connectivity index is 2.26. The largest absolute Gasteiger partial charge is 0.335 e. The number of carbonyl (C=O) groups excluding carboxylic acids is 1. The summed E-state index contributed by atoms with van der Waals surface area (Å²) in [7, 11) is -3.05. The number of unbranched alkanes of at least 4 members (excludes halogenated alkanes) is 1. The van der Waals surface area contributed by atoms with Crippen molar-refractivity contribution in [2.75, 3.05) is 18.1 Å². The molecular weight excluding hydrogens is 345 g/mol. The number of carbonyl (C=O) groups is 1. The maximum Gasteiger partial charge on any atom is 0.255 e. The third-order valence-corrected chi connectivity index (χ3v) is 6.12. The lowest BCUT2D eigenvalue weighted by molar-refractivity contribution is 0.0694. The highest BCUT2D eigenvalue weighted by molar-refractivity contribution is 7.91. The normalized spacial score (nSPS) is 20.0. The Bertz CT molecular complexity index is 661. The van der Waals surface area contributed by atoms with Crippen molar-refractivity contribution in [3.8, 4) is 0 Å². The van der Waals surface area contributed by atoms with E-state index in [-0.39, 0.29) is 23.5 Å². The molecule has 2 rings (SSSR count). The predicted molar refractivity (Wildman–Crippen MR) is 89.5 cm³/mol. The number of hydrogen-bond donors (Lipinski definition) is 0. The van der Waals surface area contributed by atoms with Crippen molar-refractivity contribution < 1.29 is 13.2 Å². The van der Waals surface area contributed by atoms with Gasteiger partial charge in [0.2, 0.25) is 0 Å². The molecule has 22 heavy (non-hydrogen) atoms. The molecule has 0 bridgehead atoms. The molecule has 0 saturated carbocycles. The van der Waals surface area contributed by atoms with Crippen LogP contribution in [0.4, 0.5) is 0 Å². The number of hydrogen-bond acceptors (Lipinski definition) is 3. The van der Waals surface area contributed by atoms with Gasteiger partial charge in [0.05, 0.1) is 22.1 Å². The fraction of sp³-hybridized carbons (Fsp3) is 0.533. The Hall–Kier alpha value is -0.780. The second-order valence-electron chi connectivity index (χ2n) is 5.53. The van der Waals surface area contributed by atoms with Crippen LogP contribution in [0.2, 0.25) is 10.0 Å². The Kier molecular flexibility index (Phi) is 5.75. The molecule has 1 saturated heterocycles. The van der Waals surface area contributed by atoms with E-state index in [9.17, 15) is 13.2 Å². The Morgan fingerprint density at radius 1 is 1.36 bits per heavy atom. The average Bonchev–Trinajstić information content (AvgIpc) is 2.79. The van der Waals surface area contributed by atoms with Gasteiger partial charge in [0.25, 0.3) is 5.91 Å². The summed E-state index contributed by atoms with van der Waals surface area (Å²) in [5.41, 5.74) is 0.367. The Morgan fingerprint density at radius 3 is 2.64 bits per heavy atom. The van der Waals surface area contributed by atoms with Gasteiger partial charge in [-0.2, -0.15) is 0 Å². The summed E-state index contributed by atoms with van der Waals surface area (Å²) in [5.74, 6) is -0.0486. The molecule has 1 heterocycles. The van der Waals surface area contributed by atoms with Crippen molar-refractivity contribution in [1.29, 1.82) is 0 Å². The van der Waals surface area contributed by atoms with E-state index in [2.05, 4.69) is 0 Å². The molecule has 1 aromatic rings. The zero-order valence-corrected chi connectivity index (χ0v) is 14.7. The summed E-state index contributed by atoms with van der Waals surface area (Å²) < 4.78 is 23.4. The van der Waals surface area contributed by atoms with E-state index < -0.39 is 9.84 Å². The standard InChI is InChI=1S/C15H19Cl2NO3S/c1-2-3-7-18(12-6-8-22(20,21)10-12)15(19)13-5-4-11(16)9-14(13)17/h4-5,9,12H,2-3,6-8,10H2,1H3. The molecule has 1 unspecified atom stereocenters. The summed E-state index contributed by atoms with van der Waals surface area (Å²) in [5, 5.41) is 0.755. The molecule has 0 N–H and O–H groups in total. The van der Waals surface area contributed by atoms with Crippen LogP contribution in [0.1, 0.15) is 36.5 Å². The minimum Gasteiger partial charge on any atom is -0.335 e. The molecule has 4 nitrogen and oxygen atoms in total. The highest BCUT2D eigenvalue weighted by Gasteiger charge is 2.35. The van der Waals surface area contributed by atoms with Gasteiger partial charge < -0.3 is 4.90 Å². The zero-order chi connectivity index (χ0) is 16.3. The molecule has 1 fully saturated rings. The van der Waals surface area contributed by atoms with E-state index in [0.717, 1.165) is 12.8 Å². The maximum absolute atomic E-state index is 12.8. The van der Waals surface area contributed by atoms with Gasteiger partial charge >= 0.3 is 0 Å².